The zero-order chi connectivity index (χ0) is 23.2. The molecule has 3 N–H and O–H groups in total. The third-order valence-corrected chi connectivity index (χ3v) is 5.86. The van der Waals surface area contributed by atoms with Gasteiger partial charge < -0.3 is 20.4 Å². The number of ether oxygens (including phenoxy) is 1. The van der Waals surface area contributed by atoms with Gasteiger partial charge in [0, 0.05) is 30.1 Å². The van der Waals surface area contributed by atoms with Crippen LogP contribution >= 0.6 is 0 Å². The van der Waals surface area contributed by atoms with E-state index in [0.29, 0.717) is 25.8 Å². The van der Waals surface area contributed by atoms with E-state index in [1.54, 1.807) is 6.92 Å². The molecule has 1 unspecified atom stereocenters. The molecule has 32 heavy (non-hydrogen) atoms. The summed E-state index contributed by atoms with van der Waals surface area (Å²) in [7, 11) is 0. The maximum atomic E-state index is 13.3. The molecule has 0 saturated heterocycles. The lowest BCUT2D eigenvalue weighted by atomic mass is 9.91. The van der Waals surface area contributed by atoms with E-state index in [1.165, 1.54) is 0 Å². The molecule has 0 aliphatic heterocycles. The van der Waals surface area contributed by atoms with Gasteiger partial charge in [-0.3, -0.25) is 4.79 Å². The molecule has 1 atom stereocenters. The highest BCUT2D eigenvalue weighted by Gasteiger charge is 2.37. The Kier molecular flexibility index (Phi) is 7.23. The predicted molar refractivity (Wildman–Crippen MR) is 128 cm³/mol. The lowest BCUT2D eigenvalue weighted by Gasteiger charge is -2.32. The Morgan fingerprint density at radius 3 is 2.41 bits per heavy atom. The van der Waals surface area contributed by atoms with Gasteiger partial charge in [0.25, 0.3) is 0 Å². The Morgan fingerprint density at radius 2 is 1.69 bits per heavy atom. The monoisotopic (exact) mass is 435 g/mol. The zero-order valence-electron chi connectivity index (χ0n) is 19.3. The van der Waals surface area contributed by atoms with Crippen molar-refractivity contribution in [3.8, 4) is 0 Å². The molecule has 0 radical (unpaired) electrons. The summed E-state index contributed by atoms with van der Waals surface area (Å²) in [6, 6.07) is 17.9. The van der Waals surface area contributed by atoms with Gasteiger partial charge in [-0.05, 0) is 50.8 Å². The smallest absolute Gasteiger partial charge is 0.408 e. The number of para-hydroxylation sites is 1. The van der Waals surface area contributed by atoms with Crippen molar-refractivity contribution in [1.82, 2.24) is 15.6 Å². The Labute approximate surface area is 189 Å². The van der Waals surface area contributed by atoms with Crippen LogP contribution in [0.15, 0.2) is 60.8 Å². The molecule has 0 bridgehead atoms. The molecular formula is C26H33N3O3. The molecule has 0 aliphatic rings. The fourth-order valence-electron chi connectivity index (χ4n) is 3.57. The van der Waals surface area contributed by atoms with E-state index >= 15 is 0 Å². The average Bonchev–Trinajstić information content (AvgIpc) is 3.16. The summed E-state index contributed by atoms with van der Waals surface area (Å²) in [4.78, 5) is 29.2. The van der Waals surface area contributed by atoms with E-state index in [4.69, 9.17) is 4.74 Å². The summed E-state index contributed by atoms with van der Waals surface area (Å²) in [6.07, 6.45) is 3.00. The average molecular weight is 436 g/mol. The molecule has 170 valence electrons. The number of carbonyl (C=O) groups excluding carboxylic acids is 2. The van der Waals surface area contributed by atoms with Crippen molar-refractivity contribution in [2.45, 2.75) is 58.1 Å². The molecular weight excluding hydrogens is 402 g/mol. The number of amides is 2. The van der Waals surface area contributed by atoms with E-state index in [1.807, 2.05) is 81.6 Å². The number of benzene rings is 2. The molecule has 6 nitrogen and oxygen atoms in total. The van der Waals surface area contributed by atoms with E-state index in [0.717, 1.165) is 22.0 Å². The summed E-state index contributed by atoms with van der Waals surface area (Å²) < 4.78 is 5.58. The fraction of sp³-hybridized carbons (Fsp3) is 0.385. The van der Waals surface area contributed by atoms with Gasteiger partial charge in [0.1, 0.15) is 11.1 Å². The third-order valence-electron chi connectivity index (χ3n) is 5.86. The van der Waals surface area contributed by atoms with Crippen LogP contribution in [0.25, 0.3) is 10.9 Å². The van der Waals surface area contributed by atoms with Crippen LogP contribution in [0.3, 0.4) is 0 Å². The van der Waals surface area contributed by atoms with E-state index < -0.39 is 17.2 Å². The summed E-state index contributed by atoms with van der Waals surface area (Å²) >= 11 is 0. The van der Waals surface area contributed by atoms with Gasteiger partial charge in [0.05, 0.1) is 0 Å². The van der Waals surface area contributed by atoms with Crippen molar-refractivity contribution in [3.63, 3.8) is 0 Å². The maximum absolute atomic E-state index is 13.3. The maximum Gasteiger partial charge on any atom is 0.408 e. The van der Waals surface area contributed by atoms with E-state index in [9.17, 15) is 9.59 Å². The summed E-state index contributed by atoms with van der Waals surface area (Å²) in [5.41, 5.74) is 1.29. The fourth-order valence-corrected chi connectivity index (χ4v) is 3.57. The number of rotatable bonds is 9. The minimum atomic E-state index is -1.18. The number of alkyl carbamates (subject to hydrolysis) is 1. The number of fused-ring (bicyclic) bond motifs is 1. The Morgan fingerprint density at radius 1 is 1.00 bits per heavy atom. The van der Waals surface area contributed by atoms with Crippen LogP contribution in [-0.4, -0.2) is 34.7 Å². The summed E-state index contributed by atoms with van der Waals surface area (Å²) in [5.74, 6) is -0.245. The Bertz CT molecular complexity index is 1060. The SMILES string of the molecule is CCC(C)(C)OC(=O)NC(C)(Cc1c[nH]c2ccccc12)C(=O)NCCc1ccccc1. The number of H-pyrrole nitrogens is 1. The van der Waals surface area contributed by atoms with Crippen LogP contribution < -0.4 is 10.6 Å². The largest absolute Gasteiger partial charge is 0.444 e. The molecule has 2 amide bonds. The van der Waals surface area contributed by atoms with Gasteiger partial charge in [-0.25, -0.2) is 4.79 Å². The minimum absolute atomic E-state index is 0.245. The van der Waals surface area contributed by atoms with Crippen molar-refractivity contribution >= 4 is 22.9 Å². The Hall–Kier alpha value is -3.28. The number of carbonyl (C=O) groups is 2. The second kappa shape index (κ2) is 9.90. The second-order valence-corrected chi connectivity index (χ2v) is 8.99. The summed E-state index contributed by atoms with van der Waals surface area (Å²) in [6.45, 7) is 7.87. The molecule has 1 heterocycles. The van der Waals surface area contributed by atoms with Crippen molar-refractivity contribution in [2.24, 2.45) is 0 Å². The second-order valence-electron chi connectivity index (χ2n) is 8.99. The highest BCUT2D eigenvalue weighted by molar-refractivity contribution is 5.91. The first-order chi connectivity index (χ1) is 15.2. The number of aromatic nitrogens is 1. The normalized spacial score (nSPS) is 13.4. The third kappa shape index (κ3) is 5.90. The molecule has 1 aromatic heterocycles. The highest BCUT2D eigenvalue weighted by atomic mass is 16.6. The molecule has 0 aliphatic carbocycles. The van der Waals surface area contributed by atoms with Crippen molar-refractivity contribution in [1.29, 1.82) is 0 Å². The standard InChI is InChI=1S/C26H33N3O3/c1-5-25(2,3)32-24(31)29-26(4,17-20-18-28-22-14-10-9-13-21(20)22)23(30)27-16-15-19-11-7-6-8-12-19/h6-14,18,28H,5,15-17H2,1-4H3,(H,27,30)(H,29,31). The van der Waals surface area contributed by atoms with E-state index in [2.05, 4.69) is 15.6 Å². The zero-order valence-corrected chi connectivity index (χ0v) is 19.3. The van der Waals surface area contributed by atoms with Gasteiger partial charge >= 0.3 is 6.09 Å². The number of nitrogens with one attached hydrogen (secondary N) is 3. The quantitative estimate of drug-likeness (QED) is 0.454. The molecule has 2 aromatic carbocycles. The number of hydrogen-bond acceptors (Lipinski definition) is 3. The molecule has 6 heteroatoms. The van der Waals surface area contributed by atoms with Crippen molar-refractivity contribution < 1.29 is 14.3 Å². The molecule has 0 fully saturated rings. The van der Waals surface area contributed by atoms with Crippen LogP contribution in [0.5, 0.6) is 0 Å². The Balaban J connectivity index is 1.77. The lowest BCUT2D eigenvalue weighted by Crippen LogP contribution is -2.59. The van der Waals surface area contributed by atoms with Crippen LogP contribution in [0.2, 0.25) is 0 Å². The first-order valence-corrected chi connectivity index (χ1v) is 11.1. The van der Waals surface area contributed by atoms with Crippen LogP contribution in [0.4, 0.5) is 4.79 Å². The molecule has 3 aromatic rings. The first-order valence-electron chi connectivity index (χ1n) is 11.1. The topological polar surface area (TPSA) is 83.2 Å². The minimum Gasteiger partial charge on any atom is -0.444 e. The van der Waals surface area contributed by atoms with Gasteiger partial charge in [-0.2, -0.15) is 0 Å². The lowest BCUT2D eigenvalue weighted by molar-refractivity contribution is -0.127. The number of aromatic amines is 1. The molecule has 3 rings (SSSR count). The van der Waals surface area contributed by atoms with Crippen molar-refractivity contribution in [2.75, 3.05) is 6.54 Å². The molecule has 0 spiro atoms. The molecule has 0 saturated carbocycles. The van der Waals surface area contributed by atoms with Crippen LogP contribution in [-0.2, 0) is 22.4 Å². The number of hydrogen-bond donors (Lipinski definition) is 3. The van der Waals surface area contributed by atoms with Gasteiger partial charge in [0.15, 0.2) is 0 Å². The highest BCUT2D eigenvalue weighted by Crippen LogP contribution is 2.24. The summed E-state index contributed by atoms with van der Waals surface area (Å²) in [5, 5.41) is 6.87. The van der Waals surface area contributed by atoms with Gasteiger partial charge in [-0.1, -0.05) is 55.5 Å². The van der Waals surface area contributed by atoms with Crippen molar-refractivity contribution in [3.05, 3.63) is 71.9 Å². The van der Waals surface area contributed by atoms with Gasteiger partial charge in [0.2, 0.25) is 5.91 Å². The van der Waals surface area contributed by atoms with Crippen LogP contribution in [0, 0.1) is 0 Å². The van der Waals surface area contributed by atoms with E-state index in [-0.39, 0.29) is 5.91 Å². The van der Waals surface area contributed by atoms with Gasteiger partial charge in [-0.15, -0.1) is 0 Å². The first kappa shape index (κ1) is 23.4. The predicted octanol–water partition coefficient (Wildman–Crippen LogP) is 4.74. The van der Waals surface area contributed by atoms with Crippen LogP contribution in [0.1, 0.15) is 45.2 Å².